The van der Waals surface area contributed by atoms with E-state index in [1.807, 2.05) is 35.7 Å². The number of amides is 2. The number of halogens is 1. The van der Waals surface area contributed by atoms with Crippen molar-refractivity contribution in [2.75, 3.05) is 17.3 Å². The van der Waals surface area contributed by atoms with Gasteiger partial charge in [-0.05, 0) is 41.8 Å². The number of nitrogens with zero attached hydrogens (tertiary/aromatic N) is 1. The molecule has 0 saturated carbocycles. The molecule has 0 saturated heterocycles. The molecule has 28 heavy (non-hydrogen) atoms. The molecule has 0 spiro atoms. The van der Waals surface area contributed by atoms with E-state index in [4.69, 9.17) is 4.74 Å². The van der Waals surface area contributed by atoms with Crippen LogP contribution in [0.4, 0.5) is 11.4 Å². The van der Waals surface area contributed by atoms with Gasteiger partial charge in [-0.1, -0.05) is 40.2 Å². The quantitative estimate of drug-likeness (QED) is 0.556. The molecule has 0 fully saturated rings. The van der Waals surface area contributed by atoms with Crippen LogP contribution < -0.4 is 15.0 Å². The maximum absolute atomic E-state index is 13.3. The summed E-state index contributed by atoms with van der Waals surface area (Å²) in [5.41, 5.74) is 1.71. The largest absolute Gasteiger partial charge is 0.495 e. The molecule has 2 aromatic carbocycles. The molecule has 4 rings (SSSR count). The first-order valence-corrected chi connectivity index (χ1v) is 10.1. The lowest BCUT2D eigenvalue weighted by Crippen LogP contribution is -2.32. The summed E-state index contributed by atoms with van der Waals surface area (Å²) in [5.74, 6) is -0.179. The predicted molar refractivity (Wildman–Crippen MR) is 114 cm³/mol. The van der Waals surface area contributed by atoms with Gasteiger partial charge in [-0.3, -0.25) is 9.59 Å². The second kappa shape index (κ2) is 7.61. The molecule has 0 aliphatic carbocycles. The van der Waals surface area contributed by atoms with Gasteiger partial charge < -0.3 is 10.1 Å². The van der Waals surface area contributed by atoms with Crippen molar-refractivity contribution in [3.63, 3.8) is 0 Å². The van der Waals surface area contributed by atoms with Crippen molar-refractivity contribution in [1.82, 2.24) is 0 Å². The Kier molecular flexibility index (Phi) is 5.02. The van der Waals surface area contributed by atoms with Gasteiger partial charge in [0, 0.05) is 9.35 Å². The number of benzene rings is 2. The number of anilines is 2. The highest BCUT2D eigenvalue weighted by Crippen LogP contribution is 2.37. The van der Waals surface area contributed by atoms with Crippen LogP contribution in [-0.4, -0.2) is 18.9 Å². The third-order valence-electron chi connectivity index (χ3n) is 4.28. The van der Waals surface area contributed by atoms with Gasteiger partial charge >= 0.3 is 0 Å². The minimum Gasteiger partial charge on any atom is -0.495 e. The van der Waals surface area contributed by atoms with Gasteiger partial charge in [0.05, 0.1) is 24.1 Å². The van der Waals surface area contributed by atoms with E-state index in [2.05, 4.69) is 21.2 Å². The van der Waals surface area contributed by atoms with Crippen molar-refractivity contribution in [1.29, 1.82) is 0 Å². The smallest absolute Gasteiger partial charge is 0.282 e. The number of hydrogen-bond donors (Lipinski definition) is 1. The van der Waals surface area contributed by atoms with Crippen LogP contribution in [0.1, 0.15) is 4.88 Å². The lowest BCUT2D eigenvalue weighted by molar-refractivity contribution is -0.120. The third kappa shape index (κ3) is 3.23. The standard InChI is InChI=1S/C21H15BrN2O3S/c1-27-16-9-3-2-8-15(16)23-19-18(17-10-5-11-28-17)20(25)24(21(19)26)14-7-4-6-13(22)12-14/h2-12,23H,1H3. The number of para-hydroxylation sites is 2. The molecule has 0 radical (unpaired) electrons. The van der Waals surface area contributed by atoms with Gasteiger partial charge in [0.2, 0.25) is 0 Å². The second-order valence-electron chi connectivity index (χ2n) is 5.98. The molecule has 0 atom stereocenters. The van der Waals surface area contributed by atoms with E-state index in [-0.39, 0.29) is 11.6 Å². The van der Waals surface area contributed by atoms with E-state index < -0.39 is 5.91 Å². The minimum atomic E-state index is -0.405. The van der Waals surface area contributed by atoms with Gasteiger partial charge in [0.25, 0.3) is 11.8 Å². The summed E-state index contributed by atoms with van der Waals surface area (Å²) >= 11 is 4.81. The maximum atomic E-state index is 13.3. The van der Waals surface area contributed by atoms with Crippen LogP contribution in [0.3, 0.4) is 0 Å². The van der Waals surface area contributed by atoms with Crippen LogP contribution in [0.2, 0.25) is 0 Å². The van der Waals surface area contributed by atoms with E-state index in [9.17, 15) is 9.59 Å². The first kappa shape index (κ1) is 18.5. The lowest BCUT2D eigenvalue weighted by atomic mass is 10.1. The van der Waals surface area contributed by atoms with Crippen molar-refractivity contribution in [3.05, 3.63) is 81.1 Å². The zero-order valence-electron chi connectivity index (χ0n) is 14.8. The van der Waals surface area contributed by atoms with Gasteiger partial charge in [0.15, 0.2) is 0 Å². The summed E-state index contributed by atoms with van der Waals surface area (Å²) < 4.78 is 6.16. The number of rotatable bonds is 5. The van der Waals surface area contributed by atoms with E-state index in [1.165, 1.54) is 16.2 Å². The summed E-state index contributed by atoms with van der Waals surface area (Å²) in [7, 11) is 1.56. The summed E-state index contributed by atoms with van der Waals surface area (Å²) in [6, 6.07) is 18.1. The van der Waals surface area contributed by atoms with Gasteiger partial charge in [0.1, 0.15) is 11.4 Å². The molecule has 2 heterocycles. The monoisotopic (exact) mass is 454 g/mol. The van der Waals surface area contributed by atoms with Gasteiger partial charge in [-0.25, -0.2) is 4.90 Å². The fourth-order valence-corrected chi connectivity index (χ4v) is 4.18. The van der Waals surface area contributed by atoms with Crippen LogP contribution in [-0.2, 0) is 9.59 Å². The highest BCUT2D eigenvalue weighted by molar-refractivity contribution is 9.10. The number of carbonyl (C=O) groups excluding carboxylic acids is 2. The van der Waals surface area contributed by atoms with Crippen LogP contribution in [0.15, 0.2) is 76.2 Å². The first-order valence-electron chi connectivity index (χ1n) is 8.42. The normalized spacial score (nSPS) is 14.0. The average Bonchev–Trinajstić information content (AvgIpc) is 3.29. The third-order valence-corrected chi connectivity index (χ3v) is 5.67. The van der Waals surface area contributed by atoms with E-state index in [0.717, 1.165) is 9.35 Å². The zero-order chi connectivity index (χ0) is 19.7. The molecule has 140 valence electrons. The van der Waals surface area contributed by atoms with Gasteiger partial charge in [-0.15, -0.1) is 11.3 Å². The van der Waals surface area contributed by atoms with Crippen LogP contribution in [0.5, 0.6) is 5.75 Å². The fraction of sp³-hybridized carbons (Fsp3) is 0.0476. The maximum Gasteiger partial charge on any atom is 0.282 e. The molecule has 7 heteroatoms. The van der Waals surface area contributed by atoms with Crippen LogP contribution in [0, 0.1) is 0 Å². The Morgan fingerprint density at radius 1 is 1.00 bits per heavy atom. The molecule has 0 unspecified atom stereocenters. The summed E-state index contributed by atoms with van der Waals surface area (Å²) in [6.07, 6.45) is 0. The van der Waals surface area contributed by atoms with Crippen molar-refractivity contribution >= 4 is 56.0 Å². The summed E-state index contributed by atoms with van der Waals surface area (Å²) in [4.78, 5) is 28.4. The predicted octanol–water partition coefficient (Wildman–Crippen LogP) is 4.92. The van der Waals surface area contributed by atoms with Crippen molar-refractivity contribution in [3.8, 4) is 5.75 Å². The van der Waals surface area contributed by atoms with Gasteiger partial charge in [-0.2, -0.15) is 0 Å². The Balaban J connectivity index is 1.82. The number of ether oxygens (including phenoxy) is 1. The first-order chi connectivity index (χ1) is 13.6. The van der Waals surface area contributed by atoms with E-state index >= 15 is 0 Å². The number of imide groups is 1. The molecule has 1 aliphatic heterocycles. The Hall–Kier alpha value is -2.90. The summed E-state index contributed by atoms with van der Waals surface area (Å²) in [5, 5.41) is 5.01. The lowest BCUT2D eigenvalue weighted by Gasteiger charge is -2.16. The molecule has 1 aromatic heterocycles. The van der Waals surface area contributed by atoms with E-state index in [0.29, 0.717) is 22.7 Å². The molecule has 3 aromatic rings. The fourth-order valence-electron chi connectivity index (χ4n) is 3.03. The van der Waals surface area contributed by atoms with Crippen molar-refractivity contribution < 1.29 is 14.3 Å². The number of methoxy groups -OCH3 is 1. The SMILES string of the molecule is COc1ccccc1NC1=C(c2cccs2)C(=O)N(c2cccc(Br)c2)C1=O. The van der Waals surface area contributed by atoms with Crippen LogP contribution in [0.25, 0.3) is 5.57 Å². The number of thiophene rings is 1. The second-order valence-corrected chi connectivity index (χ2v) is 7.84. The van der Waals surface area contributed by atoms with Crippen molar-refractivity contribution in [2.45, 2.75) is 0 Å². The number of hydrogen-bond acceptors (Lipinski definition) is 5. The highest BCUT2D eigenvalue weighted by atomic mass is 79.9. The topological polar surface area (TPSA) is 58.6 Å². The highest BCUT2D eigenvalue weighted by Gasteiger charge is 2.41. The molecule has 1 aliphatic rings. The zero-order valence-corrected chi connectivity index (χ0v) is 17.2. The summed E-state index contributed by atoms with van der Waals surface area (Å²) in [6.45, 7) is 0. The van der Waals surface area contributed by atoms with Crippen LogP contribution >= 0.6 is 27.3 Å². The Labute approximate surface area is 174 Å². The Bertz CT molecular complexity index is 1090. The number of nitrogens with one attached hydrogen (secondary N) is 1. The molecule has 2 amide bonds. The molecular formula is C21H15BrN2O3S. The molecule has 5 nitrogen and oxygen atoms in total. The van der Waals surface area contributed by atoms with Crippen molar-refractivity contribution in [2.24, 2.45) is 0 Å². The van der Waals surface area contributed by atoms with E-state index in [1.54, 1.807) is 37.4 Å². The average molecular weight is 455 g/mol. The Morgan fingerprint density at radius 2 is 1.82 bits per heavy atom. The minimum absolute atomic E-state index is 0.233. The Morgan fingerprint density at radius 3 is 2.54 bits per heavy atom. The molecular weight excluding hydrogens is 440 g/mol. The molecule has 0 bridgehead atoms. The molecule has 1 N–H and O–H groups in total. The number of carbonyl (C=O) groups is 2.